The Morgan fingerprint density at radius 2 is 1.82 bits per heavy atom. The maximum absolute atomic E-state index is 12.0. The molecule has 0 atom stereocenters. The van der Waals surface area contributed by atoms with Gasteiger partial charge in [0.05, 0.1) is 0 Å². The first-order chi connectivity index (χ1) is 8.18. The van der Waals surface area contributed by atoms with E-state index in [4.69, 9.17) is 0 Å². The lowest BCUT2D eigenvalue weighted by Crippen LogP contribution is -2.46. The molecule has 1 fully saturated rings. The number of carbonyl (C=O) groups is 1. The zero-order valence-corrected chi connectivity index (χ0v) is 10.7. The summed E-state index contributed by atoms with van der Waals surface area (Å²) >= 11 is 0. The molecule has 0 aliphatic carbocycles. The average Bonchev–Trinajstić information content (AvgIpc) is 2.67. The molecule has 4 nitrogen and oxygen atoms in total. The number of nitrogens with zero attached hydrogens (tertiary/aromatic N) is 2. The Kier molecular flexibility index (Phi) is 3.84. The third-order valence-corrected chi connectivity index (χ3v) is 3.44. The van der Waals surface area contributed by atoms with Crippen molar-refractivity contribution in [2.24, 2.45) is 0 Å². The molecule has 0 saturated carbocycles. The van der Waals surface area contributed by atoms with Crippen LogP contribution in [0.5, 0.6) is 0 Å². The Labute approximate surface area is 103 Å². The molecule has 2 heterocycles. The standard InChI is InChI=1S/C13H21N3O/c1-11-3-4-12(2)16(11)8-5-13(17)15-9-6-14-7-10-15/h3-4,14H,5-10H2,1-2H3. The minimum atomic E-state index is 0.277. The number of piperazine rings is 1. The van der Waals surface area contributed by atoms with Gasteiger partial charge in [-0.05, 0) is 26.0 Å². The van der Waals surface area contributed by atoms with Gasteiger partial charge in [-0.2, -0.15) is 0 Å². The summed E-state index contributed by atoms with van der Waals surface area (Å²) in [6.07, 6.45) is 0.607. The Balaban J connectivity index is 1.87. The molecule has 1 aliphatic heterocycles. The SMILES string of the molecule is Cc1ccc(C)n1CCC(=O)N1CCNCC1. The predicted octanol–water partition coefficient (Wildman–Crippen LogP) is 0.927. The number of hydrogen-bond acceptors (Lipinski definition) is 2. The summed E-state index contributed by atoms with van der Waals surface area (Å²) in [7, 11) is 0. The Bertz CT molecular complexity index is 372. The van der Waals surface area contributed by atoms with Gasteiger partial charge in [-0.15, -0.1) is 0 Å². The van der Waals surface area contributed by atoms with Crippen molar-refractivity contribution in [3.63, 3.8) is 0 Å². The van der Waals surface area contributed by atoms with Gasteiger partial charge in [-0.25, -0.2) is 0 Å². The molecule has 2 rings (SSSR count). The van der Waals surface area contributed by atoms with Crippen LogP contribution in [-0.2, 0) is 11.3 Å². The van der Waals surface area contributed by atoms with Crippen LogP contribution in [0.15, 0.2) is 12.1 Å². The molecular formula is C13H21N3O. The maximum Gasteiger partial charge on any atom is 0.224 e. The van der Waals surface area contributed by atoms with Crippen molar-refractivity contribution < 1.29 is 4.79 Å². The molecule has 0 unspecified atom stereocenters. The molecule has 1 aromatic heterocycles. The summed E-state index contributed by atoms with van der Waals surface area (Å²) in [4.78, 5) is 14.0. The van der Waals surface area contributed by atoms with Crippen LogP contribution in [0.2, 0.25) is 0 Å². The molecule has 0 aromatic carbocycles. The molecule has 1 amide bonds. The van der Waals surface area contributed by atoms with Crippen LogP contribution in [0.3, 0.4) is 0 Å². The van der Waals surface area contributed by atoms with Gasteiger partial charge >= 0.3 is 0 Å². The highest BCUT2D eigenvalue weighted by Gasteiger charge is 2.16. The van der Waals surface area contributed by atoms with Gasteiger partial charge in [-0.1, -0.05) is 0 Å². The minimum absolute atomic E-state index is 0.277. The molecule has 1 aromatic rings. The van der Waals surface area contributed by atoms with Gasteiger partial charge in [0.15, 0.2) is 0 Å². The van der Waals surface area contributed by atoms with Crippen LogP contribution in [0.1, 0.15) is 17.8 Å². The first kappa shape index (κ1) is 12.2. The van der Waals surface area contributed by atoms with Crippen LogP contribution in [0.25, 0.3) is 0 Å². The molecule has 0 radical (unpaired) electrons. The largest absolute Gasteiger partial charge is 0.349 e. The van der Waals surface area contributed by atoms with Crippen LogP contribution in [0.4, 0.5) is 0 Å². The van der Waals surface area contributed by atoms with E-state index in [9.17, 15) is 4.79 Å². The van der Waals surface area contributed by atoms with Crippen molar-refractivity contribution in [1.29, 1.82) is 0 Å². The number of aromatic nitrogens is 1. The van der Waals surface area contributed by atoms with Gasteiger partial charge in [-0.3, -0.25) is 4.79 Å². The van der Waals surface area contributed by atoms with Crippen LogP contribution >= 0.6 is 0 Å². The van der Waals surface area contributed by atoms with E-state index in [1.807, 2.05) is 4.90 Å². The van der Waals surface area contributed by atoms with Gasteiger partial charge in [0, 0.05) is 50.5 Å². The molecule has 0 bridgehead atoms. The first-order valence-electron chi connectivity index (χ1n) is 6.29. The smallest absolute Gasteiger partial charge is 0.224 e. The van der Waals surface area contributed by atoms with Crippen molar-refractivity contribution in [1.82, 2.24) is 14.8 Å². The summed E-state index contributed by atoms with van der Waals surface area (Å²) in [5.41, 5.74) is 2.46. The monoisotopic (exact) mass is 235 g/mol. The number of hydrogen-bond donors (Lipinski definition) is 1. The van der Waals surface area contributed by atoms with E-state index >= 15 is 0 Å². The van der Waals surface area contributed by atoms with E-state index in [-0.39, 0.29) is 5.91 Å². The lowest BCUT2D eigenvalue weighted by atomic mass is 10.3. The Morgan fingerprint density at radius 3 is 2.41 bits per heavy atom. The third-order valence-electron chi connectivity index (χ3n) is 3.44. The highest BCUT2D eigenvalue weighted by atomic mass is 16.2. The normalized spacial score (nSPS) is 16.2. The average molecular weight is 235 g/mol. The third kappa shape index (κ3) is 2.88. The van der Waals surface area contributed by atoms with Crippen LogP contribution < -0.4 is 5.32 Å². The molecule has 1 saturated heterocycles. The summed E-state index contributed by atoms with van der Waals surface area (Å²) in [6.45, 7) is 8.52. The number of nitrogens with one attached hydrogen (secondary N) is 1. The second kappa shape index (κ2) is 5.36. The van der Waals surface area contributed by atoms with Gasteiger partial charge in [0.1, 0.15) is 0 Å². The van der Waals surface area contributed by atoms with Crippen molar-refractivity contribution in [2.45, 2.75) is 26.8 Å². The number of carbonyl (C=O) groups excluding carboxylic acids is 1. The van der Waals surface area contributed by atoms with Crippen LogP contribution in [0, 0.1) is 13.8 Å². The van der Waals surface area contributed by atoms with E-state index in [0.717, 1.165) is 32.7 Å². The van der Waals surface area contributed by atoms with Crippen molar-refractivity contribution in [3.05, 3.63) is 23.5 Å². The quantitative estimate of drug-likeness (QED) is 0.846. The zero-order valence-electron chi connectivity index (χ0n) is 10.7. The van der Waals surface area contributed by atoms with E-state index < -0.39 is 0 Å². The van der Waals surface area contributed by atoms with Gasteiger partial charge in [0.2, 0.25) is 5.91 Å². The molecule has 4 heteroatoms. The molecular weight excluding hydrogens is 214 g/mol. The Hall–Kier alpha value is -1.29. The summed E-state index contributed by atoms with van der Waals surface area (Å²) in [5, 5.41) is 3.26. The number of rotatable bonds is 3. The fraction of sp³-hybridized carbons (Fsp3) is 0.615. The lowest BCUT2D eigenvalue weighted by molar-refractivity contribution is -0.132. The van der Waals surface area contributed by atoms with Crippen molar-refractivity contribution >= 4 is 5.91 Å². The first-order valence-corrected chi connectivity index (χ1v) is 6.29. The van der Waals surface area contributed by atoms with E-state index in [0.29, 0.717) is 6.42 Å². The predicted molar refractivity (Wildman–Crippen MR) is 68.0 cm³/mol. The Morgan fingerprint density at radius 1 is 1.24 bits per heavy atom. The second-order valence-corrected chi connectivity index (χ2v) is 4.65. The fourth-order valence-corrected chi connectivity index (χ4v) is 2.33. The zero-order chi connectivity index (χ0) is 12.3. The number of amides is 1. The molecule has 94 valence electrons. The molecule has 0 spiro atoms. The van der Waals surface area contributed by atoms with Gasteiger partial charge in [0.25, 0.3) is 0 Å². The van der Waals surface area contributed by atoms with Gasteiger partial charge < -0.3 is 14.8 Å². The second-order valence-electron chi connectivity index (χ2n) is 4.65. The summed E-state index contributed by atoms with van der Waals surface area (Å²) in [6, 6.07) is 4.20. The molecule has 1 N–H and O–H groups in total. The highest BCUT2D eigenvalue weighted by Crippen LogP contribution is 2.09. The van der Waals surface area contributed by atoms with Crippen LogP contribution in [-0.4, -0.2) is 41.6 Å². The van der Waals surface area contributed by atoms with E-state index in [2.05, 4.69) is 35.9 Å². The maximum atomic E-state index is 12.0. The topological polar surface area (TPSA) is 37.3 Å². The lowest BCUT2D eigenvalue weighted by Gasteiger charge is -2.27. The van der Waals surface area contributed by atoms with E-state index in [1.54, 1.807) is 0 Å². The summed E-state index contributed by atoms with van der Waals surface area (Å²) < 4.78 is 2.21. The highest BCUT2D eigenvalue weighted by molar-refractivity contribution is 5.76. The van der Waals surface area contributed by atoms with E-state index in [1.165, 1.54) is 11.4 Å². The summed E-state index contributed by atoms with van der Waals surface area (Å²) in [5.74, 6) is 0.277. The van der Waals surface area contributed by atoms with Crippen molar-refractivity contribution in [2.75, 3.05) is 26.2 Å². The minimum Gasteiger partial charge on any atom is -0.349 e. The fourth-order valence-electron chi connectivity index (χ4n) is 2.33. The number of aryl methyl sites for hydroxylation is 2. The van der Waals surface area contributed by atoms with Crippen molar-refractivity contribution in [3.8, 4) is 0 Å². The molecule has 17 heavy (non-hydrogen) atoms. The molecule has 1 aliphatic rings.